The number of hydrogen-bond donors (Lipinski definition) is 0. The number of thioether (sulfide) groups is 1. The van der Waals surface area contributed by atoms with E-state index >= 15 is 0 Å². The van der Waals surface area contributed by atoms with Gasteiger partial charge in [-0.15, -0.1) is 0 Å². The van der Waals surface area contributed by atoms with Crippen LogP contribution in [0.1, 0.15) is 25.3 Å². The van der Waals surface area contributed by atoms with E-state index in [-0.39, 0.29) is 12.0 Å². The summed E-state index contributed by atoms with van der Waals surface area (Å²) < 4.78 is 8.49. The van der Waals surface area contributed by atoms with Crippen molar-refractivity contribution >= 4 is 51.2 Å². The van der Waals surface area contributed by atoms with Gasteiger partial charge < -0.3 is 9.30 Å². The van der Waals surface area contributed by atoms with Gasteiger partial charge in [0.05, 0.1) is 17.6 Å². The summed E-state index contributed by atoms with van der Waals surface area (Å²) in [6.45, 7) is 4.37. The van der Waals surface area contributed by atoms with Gasteiger partial charge in [-0.1, -0.05) is 42.2 Å². The number of aryl methyl sites for hydroxylation is 1. The van der Waals surface area contributed by atoms with Crippen molar-refractivity contribution in [2.24, 2.45) is 0 Å². The van der Waals surface area contributed by atoms with E-state index in [0.29, 0.717) is 15.8 Å². The number of ether oxygens (including phenoxy) is 1. The predicted octanol–water partition coefficient (Wildman–Crippen LogP) is 4.04. The minimum atomic E-state index is -0.00108. The van der Waals surface area contributed by atoms with Crippen LogP contribution >= 0.6 is 24.0 Å². The van der Waals surface area contributed by atoms with Gasteiger partial charge in [0.15, 0.2) is 0 Å². The predicted molar refractivity (Wildman–Crippen MR) is 106 cm³/mol. The Balaban J connectivity index is 1.63. The molecule has 2 aliphatic heterocycles. The molecule has 6 heteroatoms. The van der Waals surface area contributed by atoms with Crippen LogP contribution in [0.5, 0.6) is 0 Å². The SMILES string of the molecule is CCn1cc(/C=C2\SC(=S)N(C[C@@H]3CCCO3)C2=O)c2ccccc21. The van der Waals surface area contributed by atoms with Crippen molar-refractivity contribution in [3.63, 3.8) is 0 Å². The Hall–Kier alpha value is -1.63. The molecule has 1 atom stereocenters. The summed E-state index contributed by atoms with van der Waals surface area (Å²) in [5.74, 6) is -0.00108. The van der Waals surface area contributed by atoms with Crippen LogP contribution in [0, 0.1) is 0 Å². The minimum Gasteiger partial charge on any atom is -0.376 e. The van der Waals surface area contributed by atoms with Crippen LogP contribution in [0.25, 0.3) is 17.0 Å². The van der Waals surface area contributed by atoms with Crippen LogP contribution < -0.4 is 0 Å². The number of nitrogens with zero attached hydrogens (tertiary/aromatic N) is 2. The Morgan fingerprint density at radius 1 is 1.40 bits per heavy atom. The van der Waals surface area contributed by atoms with Gasteiger partial charge in [0.2, 0.25) is 0 Å². The first kappa shape index (κ1) is 16.8. The lowest BCUT2D eigenvalue weighted by Crippen LogP contribution is -2.35. The fraction of sp³-hybridized carbons (Fsp3) is 0.368. The van der Waals surface area contributed by atoms with Gasteiger partial charge in [0, 0.05) is 35.8 Å². The molecule has 0 bridgehead atoms. The molecule has 0 radical (unpaired) electrons. The fourth-order valence-corrected chi connectivity index (χ4v) is 4.71. The summed E-state index contributed by atoms with van der Waals surface area (Å²) in [6.07, 6.45) is 6.26. The molecular formula is C19H20N2O2S2. The average molecular weight is 373 g/mol. The highest BCUT2D eigenvalue weighted by molar-refractivity contribution is 8.26. The van der Waals surface area contributed by atoms with E-state index in [9.17, 15) is 4.79 Å². The molecule has 0 spiro atoms. The monoisotopic (exact) mass is 372 g/mol. The van der Waals surface area contributed by atoms with Crippen molar-refractivity contribution in [2.45, 2.75) is 32.4 Å². The standard InChI is InChI=1S/C19H20N2O2S2/c1-2-20-11-13(15-7-3-4-8-16(15)20)10-17-18(22)21(19(24)25-17)12-14-6-5-9-23-14/h3-4,7-8,10-11,14H,2,5-6,9,12H2,1H3/b17-10-/t14-/m0/s1. The fourth-order valence-electron chi connectivity index (χ4n) is 3.44. The van der Waals surface area contributed by atoms with Gasteiger partial charge in [-0.2, -0.15) is 0 Å². The number of benzene rings is 1. The summed E-state index contributed by atoms with van der Waals surface area (Å²) in [4.78, 5) is 15.2. The number of para-hydroxylation sites is 1. The van der Waals surface area contributed by atoms with Crippen molar-refractivity contribution in [3.05, 3.63) is 40.9 Å². The molecule has 0 N–H and O–H groups in total. The highest BCUT2D eigenvalue weighted by Gasteiger charge is 2.34. The van der Waals surface area contributed by atoms with E-state index in [1.807, 2.05) is 18.2 Å². The molecule has 0 aliphatic carbocycles. The third-order valence-corrected chi connectivity index (χ3v) is 6.11. The van der Waals surface area contributed by atoms with Gasteiger partial charge in [0.1, 0.15) is 4.32 Å². The Bertz CT molecular complexity index is 865. The number of hydrogen-bond acceptors (Lipinski definition) is 4. The molecular weight excluding hydrogens is 352 g/mol. The molecule has 1 aromatic carbocycles. The molecule has 2 aliphatic rings. The first-order chi connectivity index (χ1) is 12.2. The van der Waals surface area contributed by atoms with Crippen LogP contribution in [0.3, 0.4) is 0 Å². The molecule has 4 nitrogen and oxygen atoms in total. The van der Waals surface area contributed by atoms with Gasteiger partial charge >= 0.3 is 0 Å². The number of rotatable bonds is 4. The highest BCUT2D eigenvalue weighted by atomic mass is 32.2. The lowest BCUT2D eigenvalue weighted by molar-refractivity contribution is -0.123. The maximum absolute atomic E-state index is 12.8. The zero-order valence-corrected chi connectivity index (χ0v) is 15.7. The molecule has 1 aromatic heterocycles. The first-order valence-electron chi connectivity index (χ1n) is 8.62. The third-order valence-electron chi connectivity index (χ3n) is 4.73. The Kier molecular flexibility index (Phi) is 4.67. The molecule has 0 saturated carbocycles. The Morgan fingerprint density at radius 3 is 3.00 bits per heavy atom. The lowest BCUT2D eigenvalue weighted by Gasteiger charge is -2.18. The number of fused-ring (bicyclic) bond motifs is 1. The van der Waals surface area contributed by atoms with Crippen molar-refractivity contribution in [1.82, 2.24) is 9.47 Å². The van der Waals surface area contributed by atoms with E-state index in [2.05, 4.69) is 29.8 Å². The number of thiocarbonyl (C=S) groups is 1. The summed E-state index contributed by atoms with van der Waals surface area (Å²) in [7, 11) is 0. The molecule has 25 heavy (non-hydrogen) atoms. The third kappa shape index (κ3) is 3.14. The quantitative estimate of drug-likeness (QED) is 0.599. The second-order valence-electron chi connectivity index (χ2n) is 6.31. The number of carbonyl (C=O) groups is 1. The van der Waals surface area contributed by atoms with E-state index in [4.69, 9.17) is 17.0 Å². The van der Waals surface area contributed by atoms with Crippen molar-refractivity contribution < 1.29 is 9.53 Å². The summed E-state index contributed by atoms with van der Waals surface area (Å²) in [5.41, 5.74) is 2.25. The average Bonchev–Trinajstić information content (AvgIpc) is 3.31. The Morgan fingerprint density at radius 2 is 2.24 bits per heavy atom. The molecule has 2 fully saturated rings. The van der Waals surface area contributed by atoms with Crippen LogP contribution in [0.4, 0.5) is 0 Å². The normalized spacial score (nSPS) is 22.7. The summed E-state index contributed by atoms with van der Waals surface area (Å²) in [6, 6.07) is 8.28. The smallest absolute Gasteiger partial charge is 0.266 e. The second kappa shape index (κ2) is 6.94. The molecule has 1 amide bonds. The summed E-state index contributed by atoms with van der Waals surface area (Å²) >= 11 is 6.83. The van der Waals surface area contributed by atoms with Gasteiger partial charge in [-0.05, 0) is 31.9 Å². The number of aromatic nitrogens is 1. The van der Waals surface area contributed by atoms with Crippen LogP contribution in [0.15, 0.2) is 35.4 Å². The first-order valence-corrected chi connectivity index (χ1v) is 9.84. The van der Waals surface area contributed by atoms with Gasteiger partial charge in [-0.3, -0.25) is 9.69 Å². The summed E-state index contributed by atoms with van der Waals surface area (Å²) in [5, 5.41) is 1.16. The molecule has 2 aromatic rings. The lowest BCUT2D eigenvalue weighted by atomic mass is 10.1. The largest absolute Gasteiger partial charge is 0.376 e. The second-order valence-corrected chi connectivity index (χ2v) is 7.99. The van der Waals surface area contributed by atoms with Gasteiger partial charge in [-0.25, -0.2) is 0 Å². The van der Waals surface area contributed by atoms with E-state index in [0.717, 1.165) is 36.9 Å². The van der Waals surface area contributed by atoms with Crippen LogP contribution in [-0.4, -0.2) is 39.0 Å². The molecule has 0 unspecified atom stereocenters. The number of amides is 1. The topological polar surface area (TPSA) is 34.5 Å². The highest BCUT2D eigenvalue weighted by Crippen LogP contribution is 2.35. The molecule has 4 rings (SSSR count). The maximum atomic E-state index is 12.8. The van der Waals surface area contributed by atoms with Crippen LogP contribution in [0.2, 0.25) is 0 Å². The Labute approximate surface area is 156 Å². The molecule has 130 valence electrons. The zero-order chi connectivity index (χ0) is 17.4. The minimum absolute atomic E-state index is 0.00108. The molecule has 3 heterocycles. The molecule has 2 saturated heterocycles. The van der Waals surface area contributed by atoms with Crippen molar-refractivity contribution in [3.8, 4) is 0 Å². The van der Waals surface area contributed by atoms with Crippen LogP contribution in [-0.2, 0) is 16.1 Å². The van der Waals surface area contributed by atoms with Crippen molar-refractivity contribution in [1.29, 1.82) is 0 Å². The van der Waals surface area contributed by atoms with Crippen molar-refractivity contribution in [2.75, 3.05) is 13.2 Å². The maximum Gasteiger partial charge on any atom is 0.266 e. The zero-order valence-electron chi connectivity index (χ0n) is 14.1. The van der Waals surface area contributed by atoms with E-state index < -0.39 is 0 Å². The number of carbonyl (C=O) groups excluding carboxylic acids is 1. The van der Waals surface area contributed by atoms with Gasteiger partial charge in [0.25, 0.3) is 5.91 Å². The van der Waals surface area contributed by atoms with E-state index in [1.165, 1.54) is 17.3 Å². The van der Waals surface area contributed by atoms with E-state index in [1.54, 1.807) is 4.90 Å².